The van der Waals surface area contributed by atoms with E-state index in [1.54, 1.807) is 11.1 Å². The molecule has 4 heteroatoms. The number of nitrogens with one attached hydrogen (secondary N) is 1. The van der Waals surface area contributed by atoms with Crippen LogP contribution < -0.4 is 5.32 Å². The third-order valence-electron chi connectivity index (χ3n) is 3.35. The Bertz CT molecular complexity index is 383. The number of nitrogens with zero attached hydrogens (tertiary/aromatic N) is 2. The molecular weight excluding hydrogens is 214 g/mol. The fourth-order valence-corrected chi connectivity index (χ4v) is 2.49. The van der Waals surface area contributed by atoms with Gasteiger partial charge in [0, 0.05) is 26.8 Å². The number of amides is 1. The summed E-state index contributed by atoms with van der Waals surface area (Å²) in [5.41, 5.74) is 0.397. The summed E-state index contributed by atoms with van der Waals surface area (Å²) in [6.45, 7) is 1.66. The van der Waals surface area contributed by atoms with Crippen LogP contribution in [0.25, 0.3) is 0 Å². The smallest absolute Gasteiger partial charge is 0.235 e. The molecule has 1 aromatic rings. The molecule has 1 amide bonds. The number of hydrogen-bond donors (Lipinski definition) is 1. The molecule has 0 saturated carbocycles. The maximum absolute atomic E-state index is 12.5. The van der Waals surface area contributed by atoms with Gasteiger partial charge in [-0.3, -0.25) is 9.78 Å². The second-order valence-corrected chi connectivity index (χ2v) is 4.78. The van der Waals surface area contributed by atoms with E-state index in [0.29, 0.717) is 6.54 Å². The first-order valence-electron chi connectivity index (χ1n) is 6.01. The van der Waals surface area contributed by atoms with Crippen LogP contribution in [0.3, 0.4) is 0 Å². The summed E-state index contributed by atoms with van der Waals surface area (Å²) in [6.07, 6.45) is 3.64. The molecule has 1 aromatic heterocycles. The van der Waals surface area contributed by atoms with E-state index in [2.05, 4.69) is 10.3 Å². The maximum Gasteiger partial charge on any atom is 0.235 e. The fourth-order valence-electron chi connectivity index (χ4n) is 2.49. The zero-order valence-corrected chi connectivity index (χ0v) is 10.4. The van der Waals surface area contributed by atoms with Crippen LogP contribution in [0.1, 0.15) is 18.5 Å². The minimum atomic E-state index is -0.483. The van der Waals surface area contributed by atoms with E-state index in [4.69, 9.17) is 0 Å². The Labute approximate surface area is 102 Å². The van der Waals surface area contributed by atoms with Crippen molar-refractivity contribution in [2.45, 2.75) is 18.3 Å². The zero-order chi connectivity index (χ0) is 12.3. The predicted octanol–water partition coefficient (Wildman–Crippen LogP) is 0.791. The normalized spacial score (nSPS) is 24.4. The molecule has 1 unspecified atom stereocenters. The highest BCUT2D eigenvalue weighted by Crippen LogP contribution is 2.31. The van der Waals surface area contributed by atoms with Crippen LogP contribution in [0.2, 0.25) is 0 Å². The summed E-state index contributed by atoms with van der Waals surface area (Å²) in [6, 6.07) is 5.78. The lowest BCUT2D eigenvalue weighted by Gasteiger charge is -2.37. The molecule has 17 heavy (non-hydrogen) atoms. The molecule has 0 radical (unpaired) electrons. The van der Waals surface area contributed by atoms with Crippen molar-refractivity contribution in [2.24, 2.45) is 0 Å². The molecule has 1 aliphatic rings. The van der Waals surface area contributed by atoms with Gasteiger partial charge in [0.1, 0.15) is 5.41 Å². The molecule has 4 nitrogen and oxygen atoms in total. The van der Waals surface area contributed by atoms with Gasteiger partial charge in [-0.1, -0.05) is 6.07 Å². The van der Waals surface area contributed by atoms with Gasteiger partial charge in [0.05, 0.1) is 5.69 Å². The molecule has 0 aliphatic carbocycles. The van der Waals surface area contributed by atoms with Crippen LogP contribution in [0.4, 0.5) is 0 Å². The van der Waals surface area contributed by atoms with Gasteiger partial charge in [-0.05, 0) is 31.5 Å². The molecule has 1 fully saturated rings. The van der Waals surface area contributed by atoms with Crippen molar-refractivity contribution in [1.29, 1.82) is 0 Å². The lowest BCUT2D eigenvalue weighted by molar-refractivity contribution is -0.135. The summed E-state index contributed by atoms with van der Waals surface area (Å²) >= 11 is 0. The fraction of sp³-hybridized carbons (Fsp3) is 0.538. The average Bonchev–Trinajstić information content (AvgIpc) is 2.39. The van der Waals surface area contributed by atoms with Gasteiger partial charge in [-0.15, -0.1) is 0 Å². The molecule has 1 saturated heterocycles. The molecule has 1 aliphatic heterocycles. The third kappa shape index (κ3) is 2.17. The molecule has 0 bridgehead atoms. The zero-order valence-electron chi connectivity index (χ0n) is 10.4. The van der Waals surface area contributed by atoms with E-state index in [9.17, 15) is 4.79 Å². The van der Waals surface area contributed by atoms with E-state index < -0.39 is 5.41 Å². The van der Waals surface area contributed by atoms with Crippen molar-refractivity contribution in [3.63, 3.8) is 0 Å². The molecule has 1 N–H and O–H groups in total. The van der Waals surface area contributed by atoms with Crippen molar-refractivity contribution in [1.82, 2.24) is 15.2 Å². The maximum atomic E-state index is 12.5. The SMILES string of the molecule is CN(C)C(=O)C1(c2ccccn2)CCCNC1. The van der Waals surface area contributed by atoms with Crippen molar-refractivity contribution in [3.05, 3.63) is 30.1 Å². The average molecular weight is 233 g/mol. The Balaban J connectivity index is 2.40. The highest BCUT2D eigenvalue weighted by atomic mass is 16.2. The largest absolute Gasteiger partial charge is 0.348 e. The number of piperidine rings is 1. The van der Waals surface area contributed by atoms with Crippen LogP contribution in [-0.2, 0) is 10.2 Å². The first kappa shape index (κ1) is 12.0. The quantitative estimate of drug-likeness (QED) is 0.821. The second-order valence-electron chi connectivity index (χ2n) is 4.78. The Kier molecular flexibility index (Phi) is 3.43. The number of carbonyl (C=O) groups is 1. The molecule has 0 spiro atoms. The topological polar surface area (TPSA) is 45.2 Å². The van der Waals surface area contributed by atoms with Crippen molar-refractivity contribution < 1.29 is 4.79 Å². The van der Waals surface area contributed by atoms with Crippen LogP contribution in [0.15, 0.2) is 24.4 Å². The molecule has 1 atom stereocenters. The molecule has 92 valence electrons. The summed E-state index contributed by atoms with van der Waals surface area (Å²) < 4.78 is 0. The van der Waals surface area contributed by atoms with E-state index in [1.165, 1.54) is 0 Å². The first-order valence-corrected chi connectivity index (χ1v) is 6.01. The summed E-state index contributed by atoms with van der Waals surface area (Å²) in [7, 11) is 3.61. The number of likely N-dealkylation sites (N-methyl/N-ethyl adjacent to an activating group) is 1. The van der Waals surface area contributed by atoms with E-state index in [0.717, 1.165) is 25.1 Å². The molecule has 2 rings (SSSR count). The number of pyridine rings is 1. The minimum Gasteiger partial charge on any atom is -0.348 e. The van der Waals surface area contributed by atoms with E-state index in [1.807, 2.05) is 32.3 Å². The van der Waals surface area contributed by atoms with E-state index >= 15 is 0 Å². The first-order chi connectivity index (χ1) is 8.17. The minimum absolute atomic E-state index is 0.142. The molecule has 2 heterocycles. The summed E-state index contributed by atoms with van der Waals surface area (Å²) in [4.78, 5) is 18.5. The van der Waals surface area contributed by atoms with Crippen LogP contribution >= 0.6 is 0 Å². The predicted molar refractivity (Wildman–Crippen MR) is 66.7 cm³/mol. The number of carbonyl (C=O) groups excluding carboxylic acids is 1. The number of rotatable bonds is 2. The van der Waals surface area contributed by atoms with E-state index in [-0.39, 0.29) is 5.91 Å². The Morgan fingerprint density at radius 1 is 1.47 bits per heavy atom. The highest BCUT2D eigenvalue weighted by molar-refractivity contribution is 5.87. The van der Waals surface area contributed by atoms with Crippen molar-refractivity contribution in [3.8, 4) is 0 Å². The standard InChI is InChI=1S/C13H19N3O/c1-16(2)12(17)13(7-5-8-14-10-13)11-6-3-4-9-15-11/h3-4,6,9,14H,5,7-8,10H2,1-2H3. The second kappa shape index (κ2) is 4.84. The lowest BCUT2D eigenvalue weighted by atomic mass is 9.76. The summed E-state index contributed by atoms with van der Waals surface area (Å²) in [5, 5.41) is 3.32. The van der Waals surface area contributed by atoms with Gasteiger partial charge in [-0.2, -0.15) is 0 Å². The van der Waals surface area contributed by atoms with Crippen molar-refractivity contribution in [2.75, 3.05) is 27.2 Å². The Morgan fingerprint density at radius 3 is 2.82 bits per heavy atom. The van der Waals surface area contributed by atoms with Gasteiger partial charge in [0.15, 0.2) is 0 Å². The van der Waals surface area contributed by atoms with Gasteiger partial charge >= 0.3 is 0 Å². The van der Waals surface area contributed by atoms with Gasteiger partial charge in [0.2, 0.25) is 5.91 Å². The van der Waals surface area contributed by atoms with Crippen LogP contribution in [0.5, 0.6) is 0 Å². The van der Waals surface area contributed by atoms with Gasteiger partial charge in [-0.25, -0.2) is 0 Å². The summed E-state index contributed by atoms with van der Waals surface area (Å²) in [5.74, 6) is 0.142. The third-order valence-corrected chi connectivity index (χ3v) is 3.35. The lowest BCUT2D eigenvalue weighted by Crippen LogP contribution is -2.53. The van der Waals surface area contributed by atoms with Gasteiger partial charge in [0.25, 0.3) is 0 Å². The van der Waals surface area contributed by atoms with Crippen LogP contribution in [0, 0.1) is 0 Å². The highest BCUT2D eigenvalue weighted by Gasteiger charge is 2.43. The Morgan fingerprint density at radius 2 is 2.29 bits per heavy atom. The van der Waals surface area contributed by atoms with Crippen molar-refractivity contribution >= 4 is 5.91 Å². The van der Waals surface area contributed by atoms with Crippen LogP contribution in [-0.4, -0.2) is 43.0 Å². The number of aromatic nitrogens is 1. The number of hydrogen-bond acceptors (Lipinski definition) is 3. The molecule has 0 aromatic carbocycles. The monoisotopic (exact) mass is 233 g/mol. The Hall–Kier alpha value is -1.42. The molecular formula is C13H19N3O. The van der Waals surface area contributed by atoms with Gasteiger partial charge < -0.3 is 10.2 Å².